The fourth-order valence-corrected chi connectivity index (χ4v) is 7.36. The monoisotopic (exact) mass is 635 g/mol. The number of nitriles is 2. The molecule has 0 saturated heterocycles. The average molecular weight is 636 g/mol. The molecule has 2 heterocycles. The Kier molecular flexibility index (Phi) is 6.56. The number of fused-ring (bicyclic) bond motifs is 6. The average Bonchev–Trinajstić information content (AvgIpc) is 3.69. The Bertz CT molecular complexity index is 2850. The molecule has 0 aliphatic rings. The van der Waals surface area contributed by atoms with Gasteiger partial charge in [0.05, 0.1) is 57.2 Å². The van der Waals surface area contributed by atoms with Crippen molar-refractivity contribution in [1.82, 2.24) is 9.13 Å². The van der Waals surface area contributed by atoms with Gasteiger partial charge in [-0.25, -0.2) is 4.85 Å². The van der Waals surface area contributed by atoms with Gasteiger partial charge in [0.25, 0.3) is 0 Å². The van der Waals surface area contributed by atoms with Crippen molar-refractivity contribution >= 4 is 49.3 Å². The summed E-state index contributed by atoms with van der Waals surface area (Å²) in [5.74, 6) is 0. The Labute approximate surface area is 288 Å². The molecule has 0 bridgehead atoms. The second-order valence-electron chi connectivity index (χ2n) is 12.3. The van der Waals surface area contributed by atoms with Crippen LogP contribution in [0.4, 0.5) is 5.69 Å². The van der Waals surface area contributed by atoms with Crippen molar-refractivity contribution in [3.05, 3.63) is 174 Å². The lowest BCUT2D eigenvalue weighted by Crippen LogP contribution is -1.98. The molecule has 0 fully saturated rings. The number of hydrogen-bond donors (Lipinski definition) is 0. The molecule has 0 aliphatic heterocycles. The SMILES string of the molecule is [C-]#[N+]c1ccc2c(c1)c1cc(C#N)ccc1n2-c1ccccc1-c1cccc(-c2ccc(C#N)c(-n3c4ccccc4c4ccccc43)c2)c1. The van der Waals surface area contributed by atoms with Crippen LogP contribution in [0.3, 0.4) is 0 Å². The van der Waals surface area contributed by atoms with Crippen LogP contribution in [0, 0.1) is 29.2 Å². The van der Waals surface area contributed by atoms with Gasteiger partial charge in [-0.1, -0.05) is 84.9 Å². The minimum atomic E-state index is 0.558. The Balaban J connectivity index is 1.23. The van der Waals surface area contributed by atoms with Crippen molar-refractivity contribution < 1.29 is 0 Å². The van der Waals surface area contributed by atoms with Gasteiger partial charge >= 0.3 is 0 Å². The maximum Gasteiger partial charge on any atom is 0.188 e. The van der Waals surface area contributed by atoms with E-state index in [0.29, 0.717) is 16.8 Å². The van der Waals surface area contributed by atoms with Gasteiger partial charge in [0.2, 0.25) is 0 Å². The van der Waals surface area contributed by atoms with Crippen LogP contribution in [0.5, 0.6) is 0 Å². The number of hydrogen-bond acceptors (Lipinski definition) is 2. The molecule has 2 aromatic heterocycles. The van der Waals surface area contributed by atoms with Gasteiger partial charge in [-0.2, -0.15) is 10.5 Å². The Morgan fingerprint density at radius 1 is 0.460 bits per heavy atom. The van der Waals surface area contributed by atoms with Crippen molar-refractivity contribution in [1.29, 1.82) is 10.5 Å². The normalized spacial score (nSPS) is 11.1. The molecule has 5 heteroatoms. The summed E-state index contributed by atoms with van der Waals surface area (Å²) in [6, 6.07) is 55.8. The van der Waals surface area contributed by atoms with Gasteiger partial charge in [-0.15, -0.1) is 0 Å². The third-order valence-electron chi connectivity index (χ3n) is 9.60. The highest BCUT2D eigenvalue weighted by molar-refractivity contribution is 6.11. The smallest absolute Gasteiger partial charge is 0.188 e. The number of rotatable bonds is 4. The fourth-order valence-electron chi connectivity index (χ4n) is 7.36. The van der Waals surface area contributed by atoms with E-state index in [2.05, 4.69) is 105 Å². The molecule has 0 amide bonds. The van der Waals surface area contributed by atoms with Gasteiger partial charge in [-0.3, -0.25) is 0 Å². The Morgan fingerprint density at radius 3 is 1.82 bits per heavy atom. The molecular weight excluding hydrogens is 611 g/mol. The van der Waals surface area contributed by atoms with E-state index < -0.39 is 0 Å². The van der Waals surface area contributed by atoms with Gasteiger partial charge in [-0.05, 0) is 88.8 Å². The summed E-state index contributed by atoms with van der Waals surface area (Å²) in [6.45, 7) is 7.61. The lowest BCUT2D eigenvalue weighted by Gasteiger charge is -2.16. The first-order chi connectivity index (χ1) is 24.7. The van der Waals surface area contributed by atoms with Gasteiger partial charge in [0, 0.05) is 21.7 Å². The summed E-state index contributed by atoms with van der Waals surface area (Å²) in [6.07, 6.45) is 0. The third-order valence-corrected chi connectivity index (χ3v) is 9.60. The van der Waals surface area contributed by atoms with Gasteiger partial charge in [0.1, 0.15) is 6.07 Å². The topological polar surface area (TPSA) is 61.8 Å². The summed E-state index contributed by atoms with van der Waals surface area (Å²) in [4.78, 5) is 3.68. The summed E-state index contributed by atoms with van der Waals surface area (Å²) >= 11 is 0. The largest absolute Gasteiger partial charge is 0.309 e. The van der Waals surface area contributed by atoms with Crippen molar-refractivity contribution in [2.75, 3.05) is 0 Å². The molecule has 0 spiro atoms. The van der Waals surface area contributed by atoms with Crippen LogP contribution < -0.4 is 0 Å². The van der Waals surface area contributed by atoms with E-state index in [1.807, 2.05) is 72.8 Å². The summed E-state index contributed by atoms with van der Waals surface area (Å²) in [7, 11) is 0. The van der Waals surface area contributed by atoms with E-state index in [9.17, 15) is 10.5 Å². The highest BCUT2D eigenvalue weighted by atomic mass is 15.0. The van der Waals surface area contributed by atoms with Crippen molar-refractivity contribution in [3.63, 3.8) is 0 Å². The van der Waals surface area contributed by atoms with Crippen LogP contribution >= 0.6 is 0 Å². The molecule has 230 valence electrons. The maximum absolute atomic E-state index is 10.2. The van der Waals surface area contributed by atoms with Crippen LogP contribution in [-0.4, -0.2) is 9.13 Å². The zero-order valence-corrected chi connectivity index (χ0v) is 26.7. The van der Waals surface area contributed by atoms with Gasteiger partial charge < -0.3 is 9.13 Å². The Hall–Kier alpha value is -7.39. The first-order valence-corrected chi connectivity index (χ1v) is 16.3. The van der Waals surface area contributed by atoms with Crippen LogP contribution in [0.25, 0.3) is 82.1 Å². The lowest BCUT2D eigenvalue weighted by molar-refractivity contribution is 1.17. The van der Waals surface area contributed by atoms with Gasteiger partial charge in [0.15, 0.2) is 5.69 Å². The molecular formula is C45H25N5. The number of nitrogens with zero attached hydrogens (tertiary/aromatic N) is 5. The maximum atomic E-state index is 10.2. The van der Waals surface area contributed by atoms with Crippen molar-refractivity contribution in [3.8, 4) is 45.8 Å². The number of benzene rings is 7. The van der Waals surface area contributed by atoms with Crippen LogP contribution in [0.2, 0.25) is 0 Å². The molecule has 5 nitrogen and oxygen atoms in total. The highest BCUT2D eigenvalue weighted by Crippen LogP contribution is 2.40. The molecule has 9 rings (SSSR count). The molecule has 0 radical (unpaired) electrons. The molecule has 50 heavy (non-hydrogen) atoms. The predicted octanol–water partition coefficient (Wildman–Crippen LogP) is 11.5. The fraction of sp³-hybridized carbons (Fsp3) is 0. The molecule has 0 aliphatic carbocycles. The van der Waals surface area contributed by atoms with E-state index in [-0.39, 0.29) is 0 Å². The highest BCUT2D eigenvalue weighted by Gasteiger charge is 2.18. The molecule has 9 aromatic rings. The molecule has 0 saturated carbocycles. The van der Waals surface area contributed by atoms with Crippen molar-refractivity contribution in [2.24, 2.45) is 0 Å². The minimum Gasteiger partial charge on any atom is -0.309 e. The molecule has 0 atom stereocenters. The summed E-state index contributed by atoms with van der Waals surface area (Å²) < 4.78 is 4.43. The molecule has 0 N–H and O–H groups in total. The zero-order chi connectivity index (χ0) is 33.8. The summed E-state index contributed by atoms with van der Waals surface area (Å²) in [5, 5.41) is 24.1. The van der Waals surface area contributed by atoms with Crippen LogP contribution in [0.15, 0.2) is 152 Å². The summed E-state index contributed by atoms with van der Waals surface area (Å²) in [5.41, 5.74) is 11.8. The number of aromatic nitrogens is 2. The quantitative estimate of drug-likeness (QED) is 0.181. The second kappa shape index (κ2) is 11.4. The first-order valence-electron chi connectivity index (χ1n) is 16.3. The second-order valence-corrected chi connectivity index (χ2v) is 12.3. The zero-order valence-electron chi connectivity index (χ0n) is 26.7. The lowest BCUT2D eigenvalue weighted by atomic mass is 9.96. The van der Waals surface area contributed by atoms with E-state index in [0.717, 1.165) is 77.2 Å². The third kappa shape index (κ3) is 4.38. The first kappa shape index (κ1) is 28.8. The standard InChI is InChI=1S/C45H25N5/c1-48-34-20-22-44-39(26-34)38-23-29(27-46)17-21-43(38)49(44)40-14-5-2-11-35(40)32-10-8-9-30(24-32)31-18-19-33(28-47)45(25-31)50-41-15-6-3-12-36(41)37-13-4-7-16-42(37)50/h2-26H. The predicted molar refractivity (Wildman–Crippen MR) is 202 cm³/mol. The molecule has 7 aromatic carbocycles. The Morgan fingerprint density at radius 2 is 1.08 bits per heavy atom. The van der Waals surface area contributed by atoms with E-state index in [1.54, 1.807) is 0 Å². The van der Waals surface area contributed by atoms with Crippen LogP contribution in [0.1, 0.15) is 11.1 Å². The molecule has 0 unspecified atom stereocenters. The van der Waals surface area contributed by atoms with Crippen molar-refractivity contribution in [2.45, 2.75) is 0 Å². The van der Waals surface area contributed by atoms with E-state index >= 15 is 0 Å². The number of para-hydroxylation sites is 3. The minimum absolute atomic E-state index is 0.558. The van der Waals surface area contributed by atoms with E-state index in [1.165, 1.54) is 0 Å². The van der Waals surface area contributed by atoms with Crippen LogP contribution in [-0.2, 0) is 0 Å². The van der Waals surface area contributed by atoms with E-state index in [4.69, 9.17) is 6.57 Å².